The van der Waals surface area contributed by atoms with Gasteiger partial charge in [0.05, 0.1) is 0 Å². The van der Waals surface area contributed by atoms with Crippen LogP contribution in [0.15, 0.2) is 140 Å². The van der Waals surface area contributed by atoms with E-state index in [0.29, 0.717) is 5.82 Å². The molecule has 0 radical (unpaired) electrons. The highest BCUT2D eigenvalue weighted by atomic mass is 15.6. The van der Waals surface area contributed by atoms with Crippen molar-refractivity contribution in [2.24, 2.45) is 0 Å². The van der Waals surface area contributed by atoms with Crippen LogP contribution in [0, 0.1) is 0 Å². The number of hydrogen-bond acceptors (Lipinski definition) is 4. The minimum absolute atomic E-state index is 0.581. The lowest BCUT2D eigenvalue weighted by Crippen LogP contribution is -2.39. The Morgan fingerprint density at radius 2 is 1.08 bits per heavy atom. The van der Waals surface area contributed by atoms with Crippen molar-refractivity contribution in [3.8, 4) is 22.5 Å². The summed E-state index contributed by atoms with van der Waals surface area (Å²) in [6, 6.07) is 48.1. The lowest BCUT2D eigenvalue weighted by molar-refractivity contribution is 0.396. The van der Waals surface area contributed by atoms with E-state index in [0.717, 1.165) is 39.9 Å². The average molecular weight is 508 g/mol. The SMILES string of the molecule is CNCc1ccc(-c2ccccc2-c2nnn(C(c3ccccc3)(c3ccccc3)c3ccccc3)n2)cc1. The minimum atomic E-state index is -0.807. The standard InChI is InChI=1S/C34H29N5/c1-35-25-26-21-23-27(24-22-26)31-19-11-12-20-32(31)33-36-38-39(37-33)34(28-13-5-2-6-14-28,29-15-7-3-8-16-29)30-17-9-4-10-18-30/h2-24,35H,25H2,1H3. The Morgan fingerprint density at radius 3 is 1.59 bits per heavy atom. The van der Waals surface area contributed by atoms with E-state index in [4.69, 9.17) is 10.3 Å². The van der Waals surface area contributed by atoms with Crippen molar-refractivity contribution in [2.75, 3.05) is 7.05 Å². The van der Waals surface area contributed by atoms with Gasteiger partial charge in [-0.05, 0) is 45.6 Å². The maximum atomic E-state index is 5.10. The predicted molar refractivity (Wildman–Crippen MR) is 156 cm³/mol. The fraction of sp³-hybridized carbons (Fsp3) is 0.0882. The molecule has 5 aromatic carbocycles. The second-order valence-corrected chi connectivity index (χ2v) is 9.48. The highest BCUT2D eigenvalue weighted by Gasteiger charge is 2.41. The van der Waals surface area contributed by atoms with E-state index in [1.165, 1.54) is 5.56 Å². The molecule has 190 valence electrons. The van der Waals surface area contributed by atoms with Gasteiger partial charge in [-0.3, -0.25) is 0 Å². The second-order valence-electron chi connectivity index (χ2n) is 9.48. The molecule has 0 aliphatic heterocycles. The average Bonchev–Trinajstić information content (AvgIpc) is 3.50. The Bertz CT molecular complexity index is 1550. The minimum Gasteiger partial charge on any atom is -0.316 e. The van der Waals surface area contributed by atoms with Crippen LogP contribution in [0.5, 0.6) is 0 Å². The number of rotatable bonds is 8. The first kappa shape index (κ1) is 24.5. The van der Waals surface area contributed by atoms with E-state index in [2.05, 4.69) is 120 Å². The van der Waals surface area contributed by atoms with Gasteiger partial charge in [0.15, 0.2) is 5.54 Å². The largest absolute Gasteiger partial charge is 0.316 e. The van der Waals surface area contributed by atoms with Crippen LogP contribution in [-0.4, -0.2) is 27.3 Å². The van der Waals surface area contributed by atoms with E-state index in [1.54, 1.807) is 4.80 Å². The smallest absolute Gasteiger partial charge is 0.205 e. The fourth-order valence-corrected chi connectivity index (χ4v) is 5.28. The molecule has 0 saturated carbocycles. The van der Waals surface area contributed by atoms with Crippen LogP contribution >= 0.6 is 0 Å². The van der Waals surface area contributed by atoms with Crippen molar-refractivity contribution in [2.45, 2.75) is 12.1 Å². The van der Waals surface area contributed by atoms with Gasteiger partial charge in [0, 0.05) is 12.1 Å². The highest BCUT2D eigenvalue weighted by Crippen LogP contribution is 2.40. The van der Waals surface area contributed by atoms with E-state index < -0.39 is 5.54 Å². The Balaban J connectivity index is 1.54. The van der Waals surface area contributed by atoms with Gasteiger partial charge in [0.1, 0.15) is 0 Å². The summed E-state index contributed by atoms with van der Waals surface area (Å²) in [5, 5.41) is 17.7. The molecule has 0 fully saturated rings. The molecule has 1 aromatic heterocycles. The third-order valence-corrected chi connectivity index (χ3v) is 7.10. The normalized spacial score (nSPS) is 11.4. The van der Waals surface area contributed by atoms with Gasteiger partial charge < -0.3 is 5.32 Å². The summed E-state index contributed by atoms with van der Waals surface area (Å²) in [6.45, 7) is 0.832. The Kier molecular flexibility index (Phi) is 6.81. The molecule has 0 amide bonds. The number of benzene rings is 5. The Morgan fingerprint density at radius 1 is 0.590 bits per heavy atom. The van der Waals surface area contributed by atoms with Crippen LogP contribution in [-0.2, 0) is 12.1 Å². The zero-order valence-corrected chi connectivity index (χ0v) is 21.8. The van der Waals surface area contributed by atoms with Crippen molar-refractivity contribution < 1.29 is 0 Å². The maximum absolute atomic E-state index is 5.10. The lowest BCUT2D eigenvalue weighted by atomic mass is 9.77. The number of aromatic nitrogens is 4. The predicted octanol–water partition coefficient (Wildman–Crippen LogP) is 6.57. The molecule has 6 aromatic rings. The first-order valence-corrected chi connectivity index (χ1v) is 13.1. The zero-order chi connectivity index (χ0) is 26.5. The third kappa shape index (κ3) is 4.54. The van der Waals surface area contributed by atoms with Gasteiger partial charge in [-0.1, -0.05) is 140 Å². The van der Waals surface area contributed by atoms with Crippen molar-refractivity contribution in [3.05, 3.63) is 162 Å². The third-order valence-electron chi connectivity index (χ3n) is 7.10. The highest BCUT2D eigenvalue weighted by molar-refractivity contribution is 5.80. The zero-order valence-electron chi connectivity index (χ0n) is 21.8. The van der Waals surface area contributed by atoms with Crippen molar-refractivity contribution in [1.29, 1.82) is 0 Å². The number of hydrogen-bond donors (Lipinski definition) is 1. The molecule has 0 atom stereocenters. The topological polar surface area (TPSA) is 55.6 Å². The summed E-state index contributed by atoms with van der Waals surface area (Å²) >= 11 is 0. The van der Waals surface area contributed by atoms with Crippen LogP contribution in [0.3, 0.4) is 0 Å². The molecule has 0 bridgehead atoms. The van der Waals surface area contributed by atoms with Gasteiger partial charge in [0.2, 0.25) is 5.82 Å². The van der Waals surface area contributed by atoms with Gasteiger partial charge >= 0.3 is 0 Å². The fourth-order valence-electron chi connectivity index (χ4n) is 5.28. The number of nitrogens with zero attached hydrogens (tertiary/aromatic N) is 4. The van der Waals surface area contributed by atoms with Crippen LogP contribution < -0.4 is 5.32 Å². The maximum Gasteiger partial charge on any atom is 0.205 e. The van der Waals surface area contributed by atoms with E-state index >= 15 is 0 Å². The van der Waals surface area contributed by atoms with Gasteiger partial charge in [-0.15, -0.1) is 15.0 Å². The van der Waals surface area contributed by atoms with Crippen molar-refractivity contribution in [1.82, 2.24) is 25.5 Å². The van der Waals surface area contributed by atoms with Crippen molar-refractivity contribution in [3.63, 3.8) is 0 Å². The molecular weight excluding hydrogens is 478 g/mol. The second kappa shape index (κ2) is 10.9. The van der Waals surface area contributed by atoms with E-state index in [-0.39, 0.29) is 0 Å². The summed E-state index contributed by atoms with van der Waals surface area (Å²) in [6.07, 6.45) is 0. The van der Waals surface area contributed by atoms with Gasteiger partial charge in [-0.2, -0.15) is 0 Å². The summed E-state index contributed by atoms with van der Waals surface area (Å²) < 4.78 is 0. The first-order valence-electron chi connectivity index (χ1n) is 13.1. The van der Waals surface area contributed by atoms with Gasteiger partial charge in [-0.25, -0.2) is 0 Å². The summed E-state index contributed by atoms with van der Waals surface area (Å²) in [5.41, 5.74) is 6.72. The molecule has 0 unspecified atom stereocenters. The Labute approximate surface area is 228 Å². The Hall–Kier alpha value is -4.87. The van der Waals surface area contributed by atoms with Crippen LogP contribution in [0.4, 0.5) is 0 Å². The molecular formula is C34H29N5. The molecule has 1 heterocycles. The molecule has 1 N–H and O–H groups in total. The molecule has 0 spiro atoms. The van der Waals surface area contributed by atoms with E-state index in [1.807, 2.05) is 37.4 Å². The quantitative estimate of drug-likeness (QED) is 0.237. The van der Waals surface area contributed by atoms with Gasteiger partial charge in [0.25, 0.3) is 0 Å². The van der Waals surface area contributed by atoms with Crippen molar-refractivity contribution >= 4 is 0 Å². The van der Waals surface area contributed by atoms with Crippen LogP contribution in [0.2, 0.25) is 0 Å². The molecule has 5 nitrogen and oxygen atoms in total. The molecule has 39 heavy (non-hydrogen) atoms. The van der Waals surface area contributed by atoms with Crippen LogP contribution in [0.1, 0.15) is 22.3 Å². The number of nitrogens with one attached hydrogen (secondary N) is 1. The summed E-state index contributed by atoms with van der Waals surface area (Å²) in [7, 11) is 1.96. The summed E-state index contributed by atoms with van der Waals surface area (Å²) in [5.74, 6) is 0.581. The summed E-state index contributed by atoms with van der Waals surface area (Å²) in [4.78, 5) is 1.77. The first-order chi connectivity index (χ1) is 19.3. The molecule has 0 saturated heterocycles. The molecule has 5 heteroatoms. The molecule has 0 aliphatic rings. The number of tetrazole rings is 1. The van der Waals surface area contributed by atoms with Crippen LogP contribution in [0.25, 0.3) is 22.5 Å². The monoisotopic (exact) mass is 507 g/mol. The lowest BCUT2D eigenvalue weighted by Gasteiger charge is -2.34. The molecule has 6 rings (SSSR count). The van der Waals surface area contributed by atoms with E-state index in [9.17, 15) is 0 Å². The molecule has 0 aliphatic carbocycles.